The molecule has 2 heterocycles. The van der Waals surface area contributed by atoms with E-state index in [2.05, 4.69) is 5.32 Å². The summed E-state index contributed by atoms with van der Waals surface area (Å²) in [6, 6.07) is 15.4. The second-order valence-electron chi connectivity index (χ2n) is 6.37. The minimum atomic E-state index is -0.314. The van der Waals surface area contributed by atoms with Gasteiger partial charge in [-0.25, -0.2) is 4.39 Å². The Morgan fingerprint density at radius 2 is 1.89 bits per heavy atom. The highest BCUT2D eigenvalue weighted by Crippen LogP contribution is 2.32. The van der Waals surface area contributed by atoms with E-state index >= 15 is 0 Å². The SMILES string of the molecule is O=C(CC(c1cccc(F)c1)n1cccc1)NCc1ccc2c(c1)OCO2. The van der Waals surface area contributed by atoms with Crippen molar-refractivity contribution in [1.29, 1.82) is 0 Å². The van der Waals surface area contributed by atoms with Crippen LogP contribution in [0.5, 0.6) is 11.5 Å². The Balaban J connectivity index is 1.44. The predicted molar refractivity (Wildman–Crippen MR) is 98.0 cm³/mol. The molecule has 4 rings (SSSR count). The number of hydrogen-bond donors (Lipinski definition) is 1. The molecule has 1 N–H and O–H groups in total. The van der Waals surface area contributed by atoms with Gasteiger partial charge in [-0.2, -0.15) is 0 Å². The van der Waals surface area contributed by atoms with Crippen molar-refractivity contribution in [2.45, 2.75) is 19.0 Å². The van der Waals surface area contributed by atoms with Gasteiger partial charge in [0.05, 0.1) is 12.5 Å². The Hall–Kier alpha value is -3.28. The molecule has 0 radical (unpaired) electrons. The minimum absolute atomic E-state index is 0.115. The molecule has 5 nitrogen and oxygen atoms in total. The zero-order valence-corrected chi connectivity index (χ0v) is 14.6. The number of amides is 1. The first kappa shape index (κ1) is 17.1. The second kappa shape index (κ2) is 7.53. The smallest absolute Gasteiger partial charge is 0.231 e. The van der Waals surface area contributed by atoms with E-state index in [1.807, 2.05) is 53.4 Å². The molecule has 0 fully saturated rings. The van der Waals surface area contributed by atoms with Crippen molar-refractivity contribution in [1.82, 2.24) is 9.88 Å². The molecule has 0 bridgehead atoms. The molecular weight excluding hydrogens is 347 g/mol. The molecule has 1 atom stereocenters. The van der Waals surface area contributed by atoms with E-state index < -0.39 is 0 Å². The van der Waals surface area contributed by atoms with Gasteiger partial charge in [0, 0.05) is 18.9 Å². The van der Waals surface area contributed by atoms with Crippen molar-refractivity contribution < 1.29 is 18.7 Å². The molecule has 1 aromatic heterocycles. The molecular formula is C21H19FN2O3. The largest absolute Gasteiger partial charge is 0.454 e. The van der Waals surface area contributed by atoms with E-state index in [1.165, 1.54) is 12.1 Å². The Kier molecular flexibility index (Phi) is 4.78. The summed E-state index contributed by atoms with van der Waals surface area (Å²) in [5, 5.41) is 2.92. The molecule has 2 aromatic carbocycles. The summed E-state index contributed by atoms with van der Waals surface area (Å²) in [5.74, 6) is 0.969. The van der Waals surface area contributed by atoms with Gasteiger partial charge in [0.1, 0.15) is 5.82 Å². The van der Waals surface area contributed by atoms with Crippen LogP contribution in [0, 0.1) is 5.82 Å². The van der Waals surface area contributed by atoms with Gasteiger partial charge in [0.15, 0.2) is 11.5 Å². The lowest BCUT2D eigenvalue weighted by molar-refractivity contribution is -0.121. The van der Waals surface area contributed by atoms with Crippen LogP contribution in [0.2, 0.25) is 0 Å². The van der Waals surface area contributed by atoms with Crippen molar-refractivity contribution in [3.05, 3.63) is 83.9 Å². The lowest BCUT2D eigenvalue weighted by Crippen LogP contribution is -2.26. The summed E-state index contributed by atoms with van der Waals surface area (Å²) in [4.78, 5) is 12.5. The Morgan fingerprint density at radius 3 is 2.70 bits per heavy atom. The number of nitrogens with zero attached hydrogens (tertiary/aromatic N) is 1. The van der Waals surface area contributed by atoms with Crippen molar-refractivity contribution in [3.63, 3.8) is 0 Å². The summed E-state index contributed by atoms with van der Waals surface area (Å²) in [5.41, 5.74) is 1.68. The molecule has 0 saturated carbocycles. The van der Waals surface area contributed by atoms with Crippen LogP contribution in [-0.4, -0.2) is 17.3 Å². The normalized spacial score (nSPS) is 13.4. The average Bonchev–Trinajstić information content (AvgIpc) is 3.35. The fraction of sp³-hybridized carbons (Fsp3) is 0.190. The topological polar surface area (TPSA) is 52.5 Å². The first-order chi connectivity index (χ1) is 13.2. The predicted octanol–water partition coefficient (Wildman–Crippen LogP) is 3.65. The summed E-state index contributed by atoms with van der Waals surface area (Å²) < 4.78 is 26.2. The molecule has 1 amide bonds. The van der Waals surface area contributed by atoms with Crippen molar-refractivity contribution >= 4 is 5.91 Å². The lowest BCUT2D eigenvalue weighted by Gasteiger charge is -2.19. The van der Waals surface area contributed by atoms with Gasteiger partial charge < -0.3 is 19.4 Å². The van der Waals surface area contributed by atoms with Crippen LogP contribution >= 0.6 is 0 Å². The molecule has 1 aliphatic heterocycles. The van der Waals surface area contributed by atoms with Crippen LogP contribution in [0.3, 0.4) is 0 Å². The van der Waals surface area contributed by atoms with Gasteiger partial charge >= 0.3 is 0 Å². The number of aromatic nitrogens is 1. The Bertz CT molecular complexity index is 940. The number of halogens is 1. The van der Waals surface area contributed by atoms with Gasteiger partial charge in [-0.3, -0.25) is 4.79 Å². The number of hydrogen-bond acceptors (Lipinski definition) is 3. The van der Waals surface area contributed by atoms with Gasteiger partial charge in [0.2, 0.25) is 12.7 Å². The summed E-state index contributed by atoms with van der Waals surface area (Å²) in [6.45, 7) is 0.606. The molecule has 138 valence electrons. The van der Waals surface area contributed by atoms with Crippen LogP contribution in [0.4, 0.5) is 4.39 Å². The Morgan fingerprint density at radius 1 is 1.07 bits per heavy atom. The van der Waals surface area contributed by atoms with Crippen LogP contribution in [0.1, 0.15) is 23.6 Å². The number of carbonyl (C=O) groups excluding carboxylic acids is 1. The summed E-state index contributed by atoms with van der Waals surface area (Å²) in [6.07, 6.45) is 3.96. The molecule has 0 saturated heterocycles. The standard InChI is InChI=1S/C21H19FN2O3/c22-17-5-3-4-16(11-17)18(24-8-1-2-9-24)12-21(25)23-13-15-6-7-19-20(10-15)27-14-26-19/h1-11,18H,12-14H2,(H,23,25). The highest BCUT2D eigenvalue weighted by Gasteiger charge is 2.18. The quantitative estimate of drug-likeness (QED) is 0.725. The second-order valence-corrected chi connectivity index (χ2v) is 6.37. The van der Waals surface area contributed by atoms with Crippen molar-refractivity contribution in [3.8, 4) is 11.5 Å². The number of nitrogens with one attached hydrogen (secondary N) is 1. The molecule has 1 unspecified atom stereocenters. The van der Waals surface area contributed by atoms with Crippen molar-refractivity contribution in [2.24, 2.45) is 0 Å². The molecule has 1 aliphatic rings. The molecule has 0 spiro atoms. The molecule has 27 heavy (non-hydrogen) atoms. The maximum Gasteiger partial charge on any atom is 0.231 e. The highest BCUT2D eigenvalue weighted by molar-refractivity contribution is 5.77. The fourth-order valence-corrected chi connectivity index (χ4v) is 3.16. The molecule has 6 heteroatoms. The monoisotopic (exact) mass is 366 g/mol. The van der Waals surface area contributed by atoms with Crippen LogP contribution in [0.15, 0.2) is 67.0 Å². The maximum absolute atomic E-state index is 13.7. The third-order valence-electron chi connectivity index (χ3n) is 4.53. The summed E-state index contributed by atoms with van der Waals surface area (Å²) >= 11 is 0. The first-order valence-electron chi connectivity index (χ1n) is 8.72. The molecule has 3 aromatic rings. The van der Waals surface area contributed by atoms with Crippen LogP contribution in [-0.2, 0) is 11.3 Å². The van der Waals surface area contributed by atoms with E-state index in [0.717, 1.165) is 11.1 Å². The number of benzene rings is 2. The third-order valence-corrected chi connectivity index (χ3v) is 4.53. The molecule has 0 aliphatic carbocycles. The summed E-state index contributed by atoms with van der Waals surface area (Å²) in [7, 11) is 0. The van der Waals surface area contributed by atoms with E-state index in [1.54, 1.807) is 6.07 Å². The van der Waals surface area contributed by atoms with E-state index in [-0.39, 0.29) is 31.0 Å². The first-order valence-corrected chi connectivity index (χ1v) is 8.72. The van der Waals surface area contributed by atoms with Gasteiger partial charge in [-0.1, -0.05) is 18.2 Å². The van der Waals surface area contributed by atoms with Crippen molar-refractivity contribution in [2.75, 3.05) is 6.79 Å². The van der Waals surface area contributed by atoms with E-state index in [9.17, 15) is 9.18 Å². The van der Waals surface area contributed by atoms with Gasteiger partial charge in [-0.05, 0) is 47.5 Å². The number of ether oxygens (including phenoxy) is 2. The Labute approximate surface area is 156 Å². The zero-order valence-electron chi connectivity index (χ0n) is 14.6. The van der Waals surface area contributed by atoms with Crippen LogP contribution in [0.25, 0.3) is 0 Å². The lowest BCUT2D eigenvalue weighted by atomic mass is 10.0. The van der Waals surface area contributed by atoms with Crippen LogP contribution < -0.4 is 14.8 Å². The van der Waals surface area contributed by atoms with E-state index in [0.29, 0.717) is 18.0 Å². The fourth-order valence-electron chi connectivity index (χ4n) is 3.16. The maximum atomic E-state index is 13.7. The van der Waals surface area contributed by atoms with Gasteiger partial charge in [-0.15, -0.1) is 0 Å². The average molecular weight is 366 g/mol. The zero-order chi connectivity index (χ0) is 18.6. The minimum Gasteiger partial charge on any atom is -0.454 e. The highest BCUT2D eigenvalue weighted by atomic mass is 19.1. The number of fused-ring (bicyclic) bond motifs is 1. The number of rotatable bonds is 6. The third kappa shape index (κ3) is 3.95. The van der Waals surface area contributed by atoms with Gasteiger partial charge in [0.25, 0.3) is 0 Å². The number of carbonyl (C=O) groups is 1. The van der Waals surface area contributed by atoms with E-state index in [4.69, 9.17) is 9.47 Å².